The Hall–Kier alpha value is -0.410. The van der Waals surface area contributed by atoms with Gasteiger partial charge >= 0.3 is 0 Å². The standard InChI is InChI=1S/C11H19NO2/c1-11(14)5-2-6-12(8-11)9-3-4-10(13)7-9/h9,14H,2-8H2,1H3. The second-order valence-electron chi connectivity index (χ2n) is 5.01. The summed E-state index contributed by atoms with van der Waals surface area (Å²) in [5.41, 5.74) is -0.538. The SMILES string of the molecule is CC1(O)CCCN(C2CCC(=O)C2)C1. The summed E-state index contributed by atoms with van der Waals surface area (Å²) in [4.78, 5) is 13.5. The summed E-state index contributed by atoms with van der Waals surface area (Å²) in [6.07, 6.45) is 4.39. The van der Waals surface area contributed by atoms with Crippen LogP contribution in [0, 0.1) is 0 Å². The normalized spacial score (nSPS) is 40.4. The van der Waals surface area contributed by atoms with Gasteiger partial charge in [0.2, 0.25) is 0 Å². The zero-order chi connectivity index (χ0) is 10.2. The highest BCUT2D eigenvalue weighted by Crippen LogP contribution is 2.27. The van der Waals surface area contributed by atoms with Crippen LogP contribution in [0.25, 0.3) is 0 Å². The number of Topliss-reactive ketones (excluding diaryl/α,β-unsaturated/α-hetero) is 1. The number of rotatable bonds is 1. The number of carbonyl (C=O) groups excluding carboxylic acids is 1. The highest BCUT2D eigenvalue weighted by atomic mass is 16.3. The molecule has 1 heterocycles. The van der Waals surface area contributed by atoms with Crippen LogP contribution in [-0.4, -0.2) is 40.5 Å². The molecule has 2 rings (SSSR count). The maximum absolute atomic E-state index is 11.2. The van der Waals surface area contributed by atoms with E-state index in [1.807, 2.05) is 6.92 Å². The number of ketones is 1. The number of hydrogen-bond acceptors (Lipinski definition) is 3. The van der Waals surface area contributed by atoms with Crippen LogP contribution in [0.2, 0.25) is 0 Å². The molecule has 1 saturated heterocycles. The largest absolute Gasteiger partial charge is 0.389 e. The van der Waals surface area contributed by atoms with Crippen molar-refractivity contribution in [3.63, 3.8) is 0 Å². The van der Waals surface area contributed by atoms with Gasteiger partial charge in [0.05, 0.1) is 5.60 Å². The van der Waals surface area contributed by atoms with Crippen molar-refractivity contribution in [1.29, 1.82) is 0 Å². The lowest BCUT2D eigenvalue weighted by Gasteiger charge is -2.39. The monoisotopic (exact) mass is 197 g/mol. The predicted molar refractivity (Wildman–Crippen MR) is 54.1 cm³/mol. The van der Waals surface area contributed by atoms with Crippen LogP contribution in [0.3, 0.4) is 0 Å². The molecule has 2 fully saturated rings. The van der Waals surface area contributed by atoms with Gasteiger partial charge in [0.15, 0.2) is 0 Å². The van der Waals surface area contributed by atoms with Gasteiger partial charge in [-0.15, -0.1) is 0 Å². The molecule has 0 amide bonds. The number of piperidine rings is 1. The van der Waals surface area contributed by atoms with E-state index < -0.39 is 5.60 Å². The van der Waals surface area contributed by atoms with Crippen LogP contribution in [-0.2, 0) is 4.79 Å². The molecule has 1 aliphatic carbocycles. The van der Waals surface area contributed by atoms with Gasteiger partial charge in [-0.3, -0.25) is 9.69 Å². The zero-order valence-corrected chi connectivity index (χ0v) is 8.83. The lowest BCUT2D eigenvalue weighted by Crippen LogP contribution is -2.49. The Morgan fingerprint density at radius 2 is 2.36 bits per heavy atom. The fourth-order valence-corrected chi connectivity index (χ4v) is 2.68. The molecule has 0 aromatic rings. The van der Waals surface area contributed by atoms with E-state index in [1.54, 1.807) is 0 Å². The summed E-state index contributed by atoms with van der Waals surface area (Å²) < 4.78 is 0. The second kappa shape index (κ2) is 3.63. The average molecular weight is 197 g/mol. The van der Waals surface area contributed by atoms with Crippen LogP contribution in [0.1, 0.15) is 39.0 Å². The third-order valence-electron chi connectivity index (χ3n) is 3.44. The van der Waals surface area contributed by atoms with Crippen molar-refractivity contribution in [2.45, 2.75) is 50.7 Å². The van der Waals surface area contributed by atoms with Crippen molar-refractivity contribution in [3.8, 4) is 0 Å². The molecule has 0 aromatic heterocycles. The summed E-state index contributed by atoms with van der Waals surface area (Å²) in [5, 5.41) is 9.94. The number of β-amino-alcohol motifs (C(OH)–C–C–N with tert-alkyl or cyclic N) is 1. The number of nitrogens with zero attached hydrogens (tertiary/aromatic N) is 1. The van der Waals surface area contributed by atoms with Crippen LogP contribution >= 0.6 is 0 Å². The van der Waals surface area contributed by atoms with Gasteiger partial charge in [0, 0.05) is 25.4 Å². The van der Waals surface area contributed by atoms with Crippen molar-refractivity contribution in [3.05, 3.63) is 0 Å². The average Bonchev–Trinajstić information content (AvgIpc) is 2.50. The molecule has 1 saturated carbocycles. The van der Waals surface area contributed by atoms with Crippen molar-refractivity contribution < 1.29 is 9.90 Å². The van der Waals surface area contributed by atoms with Crippen molar-refractivity contribution in [2.75, 3.05) is 13.1 Å². The Kier molecular flexibility index (Phi) is 2.62. The van der Waals surface area contributed by atoms with E-state index in [4.69, 9.17) is 0 Å². The van der Waals surface area contributed by atoms with Gasteiger partial charge in [0.25, 0.3) is 0 Å². The minimum atomic E-state index is -0.538. The topological polar surface area (TPSA) is 40.5 Å². The first-order valence-corrected chi connectivity index (χ1v) is 5.55. The summed E-state index contributed by atoms with van der Waals surface area (Å²) >= 11 is 0. The van der Waals surface area contributed by atoms with E-state index in [-0.39, 0.29) is 0 Å². The van der Waals surface area contributed by atoms with Crippen LogP contribution in [0.5, 0.6) is 0 Å². The van der Waals surface area contributed by atoms with Crippen LogP contribution in [0.15, 0.2) is 0 Å². The molecule has 0 spiro atoms. The first kappa shape index (κ1) is 10.1. The molecule has 2 aliphatic rings. The van der Waals surface area contributed by atoms with Gasteiger partial charge in [-0.1, -0.05) is 0 Å². The van der Waals surface area contributed by atoms with Gasteiger partial charge < -0.3 is 5.11 Å². The van der Waals surface area contributed by atoms with Gasteiger partial charge in [0.1, 0.15) is 5.78 Å². The maximum atomic E-state index is 11.2. The van der Waals surface area contributed by atoms with Crippen molar-refractivity contribution in [2.24, 2.45) is 0 Å². The minimum Gasteiger partial charge on any atom is -0.389 e. The molecule has 1 aliphatic heterocycles. The quantitative estimate of drug-likeness (QED) is 0.680. The molecule has 3 nitrogen and oxygen atoms in total. The molecule has 3 heteroatoms. The third kappa shape index (κ3) is 2.15. The van der Waals surface area contributed by atoms with E-state index in [0.717, 1.165) is 38.8 Å². The molecular formula is C11H19NO2. The molecule has 2 unspecified atom stereocenters. The van der Waals surface area contributed by atoms with Gasteiger partial charge in [-0.2, -0.15) is 0 Å². The Morgan fingerprint density at radius 3 is 2.93 bits per heavy atom. The lowest BCUT2D eigenvalue weighted by atomic mass is 9.94. The fraction of sp³-hybridized carbons (Fsp3) is 0.909. The van der Waals surface area contributed by atoms with Gasteiger partial charge in [-0.05, 0) is 32.7 Å². The maximum Gasteiger partial charge on any atom is 0.134 e. The van der Waals surface area contributed by atoms with Crippen LogP contribution < -0.4 is 0 Å². The first-order valence-electron chi connectivity index (χ1n) is 5.55. The van der Waals surface area contributed by atoms with Gasteiger partial charge in [-0.25, -0.2) is 0 Å². The number of aliphatic hydroxyl groups is 1. The zero-order valence-electron chi connectivity index (χ0n) is 8.83. The van der Waals surface area contributed by atoms with E-state index in [9.17, 15) is 9.90 Å². The molecule has 0 bridgehead atoms. The summed E-state index contributed by atoms with van der Waals surface area (Å²) in [6, 6.07) is 0.411. The molecule has 2 atom stereocenters. The number of hydrogen-bond donors (Lipinski definition) is 1. The Balaban J connectivity index is 1.94. The van der Waals surface area contributed by atoms with Crippen LogP contribution in [0.4, 0.5) is 0 Å². The van der Waals surface area contributed by atoms with E-state index in [2.05, 4.69) is 4.90 Å². The molecule has 0 aromatic carbocycles. The van der Waals surface area contributed by atoms with E-state index >= 15 is 0 Å². The second-order valence-corrected chi connectivity index (χ2v) is 5.01. The third-order valence-corrected chi connectivity index (χ3v) is 3.44. The lowest BCUT2D eigenvalue weighted by molar-refractivity contribution is -0.118. The smallest absolute Gasteiger partial charge is 0.134 e. The Bertz CT molecular complexity index is 237. The highest BCUT2D eigenvalue weighted by molar-refractivity contribution is 5.81. The van der Waals surface area contributed by atoms with Crippen molar-refractivity contribution >= 4 is 5.78 Å². The Labute approximate surface area is 85.1 Å². The number of carbonyl (C=O) groups is 1. The summed E-state index contributed by atoms with van der Waals surface area (Å²) in [5.74, 6) is 0.389. The molecular weight excluding hydrogens is 178 g/mol. The highest BCUT2D eigenvalue weighted by Gasteiger charge is 2.34. The predicted octanol–water partition coefficient (Wildman–Crippen LogP) is 0.955. The van der Waals surface area contributed by atoms with E-state index in [0.29, 0.717) is 18.2 Å². The first-order chi connectivity index (χ1) is 6.57. The minimum absolute atomic E-state index is 0.389. The van der Waals surface area contributed by atoms with E-state index in [1.165, 1.54) is 0 Å². The summed E-state index contributed by atoms with van der Waals surface area (Å²) in [6.45, 7) is 3.69. The fourth-order valence-electron chi connectivity index (χ4n) is 2.68. The molecule has 14 heavy (non-hydrogen) atoms. The van der Waals surface area contributed by atoms with Crippen molar-refractivity contribution in [1.82, 2.24) is 4.90 Å². The summed E-state index contributed by atoms with van der Waals surface area (Å²) in [7, 11) is 0. The molecule has 1 N–H and O–H groups in total. The number of likely N-dealkylation sites (tertiary alicyclic amines) is 1. The molecule has 80 valence electrons. The molecule has 0 radical (unpaired) electrons. The Morgan fingerprint density at radius 1 is 1.57 bits per heavy atom.